The molecule has 0 amide bonds. The summed E-state index contributed by atoms with van der Waals surface area (Å²) in [5.74, 6) is 0. The molecule has 0 unspecified atom stereocenters. The van der Waals surface area contributed by atoms with Gasteiger partial charge in [0, 0.05) is 17.3 Å². The highest BCUT2D eigenvalue weighted by Crippen LogP contribution is 2.28. The molecule has 4 rings (SSSR count). The standard InChI is InChI=1S/C24H19N/c1-4-10-19(11-5-1)16-22-17-24(21-14-8-3-9-15-21)25-18-23(22)20-12-6-2-7-13-20/h1-15,17-18H,16H2. The molecular formula is C24H19N. The SMILES string of the molecule is c1ccc(Cc2cc(-c3ccccc3)ncc2-c2ccccc2)cc1. The molecule has 0 saturated carbocycles. The van der Waals surface area contributed by atoms with Crippen molar-refractivity contribution >= 4 is 0 Å². The largest absolute Gasteiger partial charge is 0.256 e. The highest BCUT2D eigenvalue weighted by Gasteiger charge is 2.09. The van der Waals surface area contributed by atoms with Gasteiger partial charge in [0.25, 0.3) is 0 Å². The minimum absolute atomic E-state index is 0.896. The summed E-state index contributed by atoms with van der Waals surface area (Å²) in [5, 5.41) is 0. The number of hydrogen-bond acceptors (Lipinski definition) is 1. The van der Waals surface area contributed by atoms with Gasteiger partial charge in [-0.2, -0.15) is 0 Å². The molecule has 25 heavy (non-hydrogen) atoms. The molecule has 4 aromatic rings. The Kier molecular flexibility index (Phi) is 4.38. The Morgan fingerprint density at radius 2 is 1.16 bits per heavy atom. The first-order valence-corrected chi connectivity index (χ1v) is 8.54. The van der Waals surface area contributed by atoms with Crippen molar-refractivity contribution in [2.45, 2.75) is 6.42 Å². The summed E-state index contributed by atoms with van der Waals surface area (Å²) < 4.78 is 0. The van der Waals surface area contributed by atoms with E-state index in [9.17, 15) is 0 Å². The third-order valence-electron chi connectivity index (χ3n) is 4.38. The summed E-state index contributed by atoms with van der Waals surface area (Å²) in [6.45, 7) is 0. The second-order valence-electron chi connectivity index (χ2n) is 6.12. The number of pyridine rings is 1. The number of nitrogens with zero attached hydrogens (tertiary/aromatic N) is 1. The molecule has 0 fully saturated rings. The Balaban J connectivity index is 1.81. The molecule has 0 atom stereocenters. The van der Waals surface area contributed by atoms with E-state index in [1.807, 2.05) is 18.3 Å². The second kappa shape index (κ2) is 7.14. The van der Waals surface area contributed by atoms with Crippen LogP contribution in [-0.2, 0) is 6.42 Å². The summed E-state index contributed by atoms with van der Waals surface area (Å²) in [6, 6.07) is 33.7. The highest BCUT2D eigenvalue weighted by molar-refractivity contribution is 5.71. The molecule has 3 aromatic carbocycles. The van der Waals surface area contributed by atoms with Crippen molar-refractivity contribution in [3.8, 4) is 22.4 Å². The van der Waals surface area contributed by atoms with Gasteiger partial charge in [-0.25, -0.2) is 0 Å². The van der Waals surface area contributed by atoms with E-state index < -0.39 is 0 Å². The van der Waals surface area contributed by atoms with Crippen molar-refractivity contribution in [3.63, 3.8) is 0 Å². The van der Waals surface area contributed by atoms with Crippen LogP contribution in [0.15, 0.2) is 103 Å². The van der Waals surface area contributed by atoms with Gasteiger partial charge in [0.1, 0.15) is 0 Å². The minimum atomic E-state index is 0.896. The normalized spacial score (nSPS) is 10.6. The third-order valence-corrected chi connectivity index (χ3v) is 4.38. The third kappa shape index (κ3) is 3.51. The lowest BCUT2D eigenvalue weighted by Crippen LogP contribution is -1.96. The molecule has 0 aliphatic carbocycles. The first-order chi connectivity index (χ1) is 12.4. The van der Waals surface area contributed by atoms with E-state index in [1.165, 1.54) is 22.3 Å². The van der Waals surface area contributed by atoms with Crippen LogP contribution in [0, 0.1) is 0 Å². The number of hydrogen-bond donors (Lipinski definition) is 0. The first kappa shape index (κ1) is 15.3. The van der Waals surface area contributed by atoms with E-state index in [-0.39, 0.29) is 0 Å². The summed E-state index contributed by atoms with van der Waals surface area (Å²) in [6.07, 6.45) is 2.91. The van der Waals surface area contributed by atoms with Crippen molar-refractivity contribution in [1.82, 2.24) is 4.98 Å². The molecule has 1 heteroatoms. The molecule has 1 nitrogen and oxygen atoms in total. The number of rotatable bonds is 4. The molecule has 0 N–H and O–H groups in total. The van der Waals surface area contributed by atoms with Crippen LogP contribution in [0.4, 0.5) is 0 Å². The van der Waals surface area contributed by atoms with Gasteiger partial charge in [0.05, 0.1) is 5.69 Å². The van der Waals surface area contributed by atoms with E-state index in [4.69, 9.17) is 4.98 Å². The fourth-order valence-electron chi connectivity index (χ4n) is 3.10. The molecule has 1 aromatic heterocycles. The zero-order valence-corrected chi connectivity index (χ0v) is 14.0. The molecule has 0 spiro atoms. The Labute approximate surface area is 148 Å². The van der Waals surface area contributed by atoms with E-state index in [1.54, 1.807) is 0 Å². The molecule has 0 radical (unpaired) electrons. The van der Waals surface area contributed by atoms with Gasteiger partial charge < -0.3 is 0 Å². The van der Waals surface area contributed by atoms with Crippen molar-refractivity contribution < 1.29 is 0 Å². The molecular weight excluding hydrogens is 302 g/mol. The topological polar surface area (TPSA) is 12.9 Å². The zero-order chi connectivity index (χ0) is 16.9. The van der Waals surface area contributed by atoms with Crippen LogP contribution in [-0.4, -0.2) is 4.98 Å². The fourth-order valence-corrected chi connectivity index (χ4v) is 3.10. The summed E-state index contributed by atoms with van der Waals surface area (Å²) in [5.41, 5.74) is 7.18. The molecule has 0 bridgehead atoms. The zero-order valence-electron chi connectivity index (χ0n) is 14.0. The molecule has 120 valence electrons. The Bertz CT molecular complexity index is 945. The Morgan fingerprint density at radius 3 is 1.80 bits per heavy atom. The van der Waals surface area contributed by atoms with Crippen LogP contribution in [0.3, 0.4) is 0 Å². The lowest BCUT2D eigenvalue weighted by molar-refractivity contribution is 1.17. The van der Waals surface area contributed by atoms with Gasteiger partial charge in [-0.3, -0.25) is 4.98 Å². The Hall–Kier alpha value is -3.19. The average Bonchev–Trinajstić information content (AvgIpc) is 2.70. The lowest BCUT2D eigenvalue weighted by Gasteiger charge is -2.12. The van der Waals surface area contributed by atoms with Crippen LogP contribution in [0.2, 0.25) is 0 Å². The van der Waals surface area contributed by atoms with Crippen LogP contribution < -0.4 is 0 Å². The molecule has 0 aliphatic rings. The summed E-state index contributed by atoms with van der Waals surface area (Å²) in [7, 11) is 0. The maximum absolute atomic E-state index is 4.73. The fraction of sp³-hybridized carbons (Fsp3) is 0.0417. The average molecular weight is 321 g/mol. The quantitative estimate of drug-likeness (QED) is 0.449. The van der Waals surface area contributed by atoms with E-state index in [0.717, 1.165) is 17.7 Å². The van der Waals surface area contributed by atoms with Crippen molar-refractivity contribution in [2.75, 3.05) is 0 Å². The smallest absolute Gasteiger partial charge is 0.0705 e. The van der Waals surface area contributed by atoms with Gasteiger partial charge in [0.15, 0.2) is 0 Å². The number of benzene rings is 3. The van der Waals surface area contributed by atoms with Crippen molar-refractivity contribution in [1.29, 1.82) is 0 Å². The minimum Gasteiger partial charge on any atom is -0.256 e. The van der Waals surface area contributed by atoms with Gasteiger partial charge in [-0.1, -0.05) is 91.0 Å². The van der Waals surface area contributed by atoms with Crippen molar-refractivity contribution in [2.24, 2.45) is 0 Å². The van der Waals surface area contributed by atoms with Crippen LogP contribution in [0.1, 0.15) is 11.1 Å². The highest BCUT2D eigenvalue weighted by atomic mass is 14.7. The van der Waals surface area contributed by atoms with Crippen molar-refractivity contribution in [3.05, 3.63) is 114 Å². The van der Waals surface area contributed by atoms with Crippen LogP contribution >= 0.6 is 0 Å². The Morgan fingerprint density at radius 1 is 0.600 bits per heavy atom. The van der Waals surface area contributed by atoms with E-state index in [2.05, 4.69) is 84.9 Å². The number of aromatic nitrogens is 1. The monoisotopic (exact) mass is 321 g/mol. The summed E-state index contributed by atoms with van der Waals surface area (Å²) >= 11 is 0. The van der Waals surface area contributed by atoms with Gasteiger partial charge in [0.2, 0.25) is 0 Å². The maximum atomic E-state index is 4.73. The van der Waals surface area contributed by atoms with Gasteiger partial charge in [-0.05, 0) is 29.2 Å². The van der Waals surface area contributed by atoms with E-state index >= 15 is 0 Å². The van der Waals surface area contributed by atoms with Crippen LogP contribution in [0.25, 0.3) is 22.4 Å². The van der Waals surface area contributed by atoms with Gasteiger partial charge in [-0.15, -0.1) is 0 Å². The molecule has 0 saturated heterocycles. The molecule has 0 aliphatic heterocycles. The van der Waals surface area contributed by atoms with Gasteiger partial charge >= 0.3 is 0 Å². The predicted molar refractivity (Wildman–Crippen MR) is 104 cm³/mol. The maximum Gasteiger partial charge on any atom is 0.0705 e. The first-order valence-electron chi connectivity index (χ1n) is 8.54. The predicted octanol–water partition coefficient (Wildman–Crippen LogP) is 6.01. The lowest BCUT2D eigenvalue weighted by atomic mass is 9.95. The second-order valence-corrected chi connectivity index (χ2v) is 6.12. The molecule has 1 heterocycles. The summed E-state index contributed by atoms with van der Waals surface area (Å²) in [4.78, 5) is 4.73. The van der Waals surface area contributed by atoms with Crippen LogP contribution in [0.5, 0.6) is 0 Å². The van der Waals surface area contributed by atoms with E-state index in [0.29, 0.717) is 0 Å².